The summed E-state index contributed by atoms with van der Waals surface area (Å²) < 4.78 is 22.2. The van der Waals surface area contributed by atoms with Crippen LogP contribution >= 0.6 is 0 Å². The van der Waals surface area contributed by atoms with Crippen LogP contribution in [0.15, 0.2) is 0 Å². The van der Waals surface area contributed by atoms with E-state index >= 15 is 0 Å². The van der Waals surface area contributed by atoms with Crippen LogP contribution in [0.4, 0.5) is 4.79 Å². The fourth-order valence-electron chi connectivity index (χ4n) is 1.48. The molecular weight excluding hydrogens is 194 g/mol. The number of rotatable bonds is 1. The molecule has 0 aromatic heterocycles. The summed E-state index contributed by atoms with van der Waals surface area (Å²) in [6.45, 7) is 0.653. The minimum atomic E-state index is -2.99. The maximum absolute atomic E-state index is 11.1. The maximum Gasteiger partial charge on any atom is 0.407 e. The van der Waals surface area contributed by atoms with E-state index in [0.29, 0.717) is 25.9 Å². The van der Waals surface area contributed by atoms with Crippen LogP contribution in [0.2, 0.25) is 0 Å². The van der Waals surface area contributed by atoms with Gasteiger partial charge in [0.15, 0.2) is 0 Å². The molecule has 0 aromatic carbocycles. The molecule has 6 heteroatoms. The van der Waals surface area contributed by atoms with Gasteiger partial charge in [0.05, 0.1) is 5.25 Å². The van der Waals surface area contributed by atoms with Crippen molar-refractivity contribution < 1.29 is 18.3 Å². The molecule has 5 nitrogen and oxygen atoms in total. The molecule has 0 aromatic rings. The molecule has 1 amide bonds. The maximum atomic E-state index is 11.1. The van der Waals surface area contributed by atoms with Gasteiger partial charge in [-0.1, -0.05) is 0 Å². The first kappa shape index (κ1) is 10.3. The monoisotopic (exact) mass is 207 g/mol. The zero-order chi connectivity index (χ0) is 10.1. The quantitative estimate of drug-likeness (QED) is 0.665. The molecule has 1 aliphatic rings. The van der Waals surface area contributed by atoms with E-state index in [-0.39, 0.29) is 5.25 Å². The zero-order valence-corrected chi connectivity index (χ0v) is 8.25. The first-order valence-electron chi connectivity index (χ1n) is 4.08. The highest BCUT2D eigenvalue weighted by molar-refractivity contribution is 7.91. The molecule has 1 aliphatic heterocycles. The Kier molecular flexibility index (Phi) is 2.80. The van der Waals surface area contributed by atoms with Crippen molar-refractivity contribution in [2.75, 3.05) is 19.3 Å². The molecule has 76 valence electrons. The lowest BCUT2D eigenvalue weighted by atomic mass is 10.1. The molecule has 0 spiro atoms. The summed E-state index contributed by atoms with van der Waals surface area (Å²) >= 11 is 0. The molecule has 1 rings (SSSR count). The standard InChI is InChI=1S/C7H13NO4S/c1-13(11,12)6-2-4-8(5-3-6)7(9)10/h6H,2-5H2,1H3,(H,9,10). The van der Waals surface area contributed by atoms with Crippen LogP contribution in [0.5, 0.6) is 0 Å². The summed E-state index contributed by atoms with van der Waals surface area (Å²) in [5, 5.41) is 8.25. The minimum Gasteiger partial charge on any atom is -0.465 e. The largest absolute Gasteiger partial charge is 0.465 e. The molecule has 0 bridgehead atoms. The summed E-state index contributed by atoms with van der Waals surface area (Å²) in [4.78, 5) is 11.7. The zero-order valence-electron chi connectivity index (χ0n) is 7.43. The molecule has 1 heterocycles. The number of hydrogen-bond acceptors (Lipinski definition) is 3. The predicted octanol–water partition coefficient (Wildman–Crippen LogP) is 0.173. The third kappa shape index (κ3) is 2.58. The van der Waals surface area contributed by atoms with Crippen LogP contribution in [-0.2, 0) is 9.84 Å². The van der Waals surface area contributed by atoms with E-state index in [4.69, 9.17) is 5.11 Å². The Balaban J connectivity index is 2.53. The average Bonchev–Trinajstić information content (AvgIpc) is 2.03. The molecule has 1 fully saturated rings. The van der Waals surface area contributed by atoms with Crippen LogP contribution < -0.4 is 0 Å². The van der Waals surface area contributed by atoms with Gasteiger partial charge >= 0.3 is 6.09 Å². The highest BCUT2D eigenvalue weighted by Gasteiger charge is 2.28. The summed E-state index contributed by atoms with van der Waals surface area (Å²) in [5.41, 5.74) is 0. The summed E-state index contributed by atoms with van der Waals surface area (Å²) in [6, 6.07) is 0. The number of likely N-dealkylation sites (tertiary alicyclic amines) is 1. The van der Waals surface area contributed by atoms with E-state index in [2.05, 4.69) is 0 Å². The van der Waals surface area contributed by atoms with Gasteiger partial charge in [-0.05, 0) is 12.8 Å². The highest BCUT2D eigenvalue weighted by Crippen LogP contribution is 2.16. The normalized spacial score (nSPS) is 20.2. The molecule has 0 radical (unpaired) electrons. The van der Waals surface area contributed by atoms with Gasteiger partial charge in [0, 0.05) is 19.3 Å². The van der Waals surface area contributed by atoms with Gasteiger partial charge in [0.2, 0.25) is 0 Å². The van der Waals surface area contributed by atoms with Crippen molar-refractivity contribution in [3.8, 4) is 0 Å². The Labute approximate surface area is 77.3 Å². The van der Waals surface area contributed by atoms with Gasteiger partial charge in [0.1, 0.15) is 9.84 Å². The number of carbonyl (C=O) groups is 1. The minimum absolute atomic E-state index is 0.326. The van der Waals surface area contributed by atoms with Crippen molar-refractivity contribution in [3.63, 3.8) is 0 Å². The van der Waals surface area contributed by atoms with Crippen molar-refractivity contribution in [2.24, 2.45) is 0 Å². The van der Waals surface area contributed by atoms with E-state index < -0.39 is 15.9 Å². The summed E-state index contributed by atoms with van der Waals surface area (Å²) in [5.74, 6) is 0. The van der Waals surface area contributed by atoms with Gasteiger partial charge in [-0.2, -0.15) is 0 Å². The van der Waals surface area contributed by atoms with Gasteiger partial charge < -0.3 is 10.0 Å². The van der Waals surface area contributed by atoms with Crippen LogP contribution in [0.3, 0.4) is 0 Å². The van der Waals surface area contributed by atoms with E-state index in [0.717, 1.165) is 0 Å². The second kappa shape index (κ2) is 3.53. The first-order chi connectivity index (χ1) is 5.91. The molecule has 0 atom stereocenters. The molecule has 0 unspecified atom stereocenters. The van der Waals surface area contributed by atoms with Crippen LogP contribution in [0.1, 0.15) is 12.8 Å². The van der Waals surface area contributed by atoms with Crippen LogP contribution in [0, 0.1) is 0 Å². The van der Waals surface area contributed by atoms with Gasteiger partial charge in [0.25, 0.3) is 0 Å². The Morgan fingerprint density at radius 1 is 1.38 bits per heavy atom. The molecule has 13 heavy (non-hydrogen) atoms. The number of piperidine rings is 1. The SMILES string of the molecule is CS(=O)(=O)C1CCN(C(=O)O)CC1. The average molecular weight is 207 g/mol. The van der Waals surface area contributed by atoms with Gasteiger partial charge in [-0.25, -0.2) is 13.2 Å². The fourth-order valence-corrected chi connectivity index (χ4v) is 2.54. The number of amides is 1. The number of carboxylic acid groups (broad SMARTS) is 1. The van der Waals surface area contributed by atoms with Crippen LogP contribution in [-0.4, -0.2) is 49.1 Å². The Morgan fingerprint density at radius 3 is 2.15 bits per heavy atom. The molecular formula is C7H13NO4S. The lowest BCUT2D eigenvalue weighted by molar-refractivity contribution is 0.136. The smallest absolute Gasteiger partial charge is 0.407 e. The second-order valence-corrected chi connectivity index (χ2v) is 5.62. The fraction of sp³-hybridized carbons (Fsp3) is 0.857. The predicted molar refractivity (Wildman–Crippen MR) is 47.5 cm³/mol. The first-order valence-corrected chi connectivity index (χ1v) is 6.03. The lowest BCUT2D eigenvalue weighted by Crippen LogP contribution is -2.41. The Hall–Kier alpha value is -0.780. The molecule has 0 aliphatic carbocycles. The van der Waals surface area contributed by atoms with Crippen molar-refractivity contribution >= 4 is 15.9 Å². The summed E-state index contributed by atoms with van der Waals surface area (Å²) in [7, 11) is -2.99. The summed E-state index contributed by atoms with van der Waals surface area (Å²) in [6.07, 6.45) is 1.08. The van der Waals surface area contributed by atoms with Crippen molar-refractivity contribution in [3.05, 3.63) is 0 Å². The molecule has 1 saturated heterocycles. The van der Waals surface area contributed by atoms with Crippen LogP contribution in [0.25, 0.3) is 0 Å². The van der Waals surface area contributed by atoms with Gasteiger partial charge in [-0.15, -0.1) is 0 Å². The highest BCUT2D eigenvalue weighted by atomic mass is 32.2. The molecule has 0 saturated carbocycles. The van der Waals surface area contributed by atoms with Crippen molar-refractivity contribution in [2.45, 2.75) is 18.1 Å². The Bertz CT molecular complexity index is 290. The number of sulfone groups is 1. The van der Waals surface area contributed by atoms with E-state index in [1.165, 1.54) is 11.2 Å². The number of hydrogen-bond donors (Lipinski definition) is 1. The lowest BCUT2D eigenvalue weighted by Gasteiger charge is -2.28. The van der Waals surface area contributed by atoms with E-state index in [9.17, 15) is 13.2 Å². The van der Waals surface area contributed by atoms with Crippen molar-refractivity contribution in [1.29, 1.82) is 0 Å². The third-order valence-electron chi connectivity index (χ3n) is 2.32. The van der Waals surface area contributed by atoms with E-state index in [1.807, 2.05) is 0 Å². The Morgan fingerprint density at radius 2 is 1.85 bits per heavy atom. The van der Waals surface area contributed by atoms with E-state index in [1.54, 1.807) is 0 Å². The second-order valence-electron chi connectivity index (χ2n) is 3.30. The molecule has 1 N–H and O–H groups in total. The topological polar surface area (TPSA) is 74.7 Å². The van der Waals surface area contributed by atoms with Crippen molar-refractivity contribution in [1.82, 2.24) is 4.90 Å². The number of nitrogens with zero attached hydrogens (tertiary/aromatic N) is 1. The van der Waals surface area contributed by atoms with Gasteiger partial charge in [-0.3, -0.25) is 0 Å². The third-order valence-corrected chi connectivity index (χ3v) is 4.00.